The van der Waals surface area contributed by atoms with Crippen molar-refractivity contribution in [2.24, 2.45) is 5.92 Å². The summed E-state index contributed by atoms with van der Waals surface area (Å²) in [6, 6.07) is 14.3. The number of aromatic nitrogens is 1. The van der Waals surface area contributed by atoms with Crippen LogP contribution in [0.5, 0.6) is 11.5 Å². The van der Waals surface area contributed by atoms with E-state index in [9.17, 15) is 9.59 Å². The minimum atomic E-state index is -0.357. The van der Waals surface area contributed by atoms with Crippen LogP contribution in [0.15, 0.2) is 60.9 Å². The van der Waals surface area contributed by atoms with Crippen molar-refractivity contribution in [2.75, 3.05) is 6.61 Å². The number of fused-ring (bicyclic) bond motifs is 4. The fourth-order valence-corrected chi connectivity index (χ4v) is 4.41. The van der Waals surface area contributed by atoms with E-state index < -0.39 is 0 Å². The Morgan fingerprint density at radius 3 is 2.47 bits per heavy atom. The maximum atomic E-state index is 13.0. The highest BCUT2D eigenvalue weighted by Crippen LogP contribution is 2.39. The van der Waals surface area contributed by atoms with Crippen molar-refractivity contribution in [1.29, 1.82) is 0 Å². The predicted octanol–water partition coefficient (Wildman–Crippen LogP) is 4.73. The van der Waals surface area contributed by atoms with E-state index in [1.54, 1.807) is 30.5 Å². The number of carbonyl (C=O) groups is 2. The summed E-state index contributed by atoms with van der Waals surface area (Å²) in [6.45, 7) is 4.85. The van der Waals surface area contributed by atoms with Gasteiger partial charge >= 0.3 is 0 Å². The molecule has 0 saturated heterocycles. The Hall–Kier alpha value is -3.67. The molecule has 32 heavy (non-hydrogen) atoms. The van der Waals surface area contributed by atoms with E-state index in [-0.39, 0.29) is 24.5 Å². The molecule has 5 rings (SSSR count). The van der Waals surface area contributed by atoms with Crippen LogP contribution in [0.25, 0.3) is 11.1 Å². The summed E-state index contributed by atoms with van der Waals surface area (Å²) < 4.78 is 12.0. The van der Waals surface area contributed by atoms with Gasteiger partial charge in [0.2, 0.25) is 0 Å². The molecule has 6 heteroatoms. The SMILES string of the molecule is CC(C)CC(COc1ccc2c(c1)OCc1ccncc1-2)N1C(=O)c2ccccc2C1=O. The minimum Gasteiger partial charge on any atom is -0.491 e. The van der Waals surface area contributed by atoms with E-state index in [0.29, 0.717) is 35.8 Å². The van der Waals surface area contributed by atoms with Crippen LogP contribution in [0.2, 0.25) is 0 Å². The first-order chi connectivity index (χ1) is 15.5. The van der Waals surface area contributed by atoms with Crippen LogP contribution in [-0.4, -0.2) is 34.3 Å². The molecular weight excluding hydrogens is 404 g/mol. The lowest BCUT2D eigenvalue weighted by atomic mass is 9.99. The van der Waals surface area contributed by atoms with E-state index >= 15 is 0 Å². The van der Waals surface area contributed by atoms with Crippen LogP contribution in [0, 0.1) is 5.92 Å². The molecule has 2 aliphatic heterocycles. The smallest absolute Gasteiger partial charge is 0.261 e. The van der Waals surface area contributed by atoms with Gasteiger partial charge in [-0.25, -0.2) is 0 Å². The van der Waals surface area contributed by atoms with Crippen LogP contribution in [0.1, 0.15) is 46.5 Å². The maximum Gasteiger partial charge on any atom is 0.261 e. The summed E-state index contributed by atoms with van der Waals surface area (Å²) in [5.41, 5.74) is 4.06. The van der Waals surface area contributed by atoms with Crippen molar-refractivity contribution in [1.82, 2.24) is 9.88 Å². The molecule has 3 heterocycles. The van der Waals surface area contributed by atoms with Gasteiger partial charge in [0, 0.05) is 35.2 Å². The lowest BCUT2D eigenvalue weighted by Crippen LogP contribution is -2.44. The first-order valence-electron chi connectivity index (χ1n) is 10.8. The summed E-state index contributed by atoms with van der Waals surface area (Å²) in [5.74, 6) is 1.17. The Morgan fingerprint density at radius 2 is 1.75 bits per heavy atom. The zero-order valence-corrected chi connectivity index (χ0v) is 18.1. The molecule has 6 nitrogen and oxygen atoms in total. The number of hydrogen-bond donors (Lipinski definition) is 0. The summed E-state index contributed by atoms with van der Waals surface area (Å²) in [7, 11) is 0. The number of amides is 2. The predicted molar refractivity (Wildman–Crippen MR) is 120 cm³/mol. The Bertz CT molecular complexity index is 1170. The van der Waals surface area contributed by atoms with Crippen LogP contribution in [-0.2, 0) is 6.61 Å². The van der Waals surface area contributed by atoms with Crippen LogP contribution in [0.4, 0.5) is 0 Å². The number of hydrogen-bond acceptors (Lipinski definition) is 5. The van der Waals surface area contributed by atoms with Gasteiger partial charge in [-0.3, -0.25) is 19.5 Å². The molecule has 2 aromatic carbocycles. The molecule has 0 radical (unpaired) electrons. The van der Waals surface area contributed by atoms with E-state index in [4.69, 9.17) is 9.47 Å². The fraction of sp³-hybridized carbons (Fsp3) is 0.269. The van der Waals surface area contributed by atoms with Gasteiger partial charge in [-0.15, -0.1) is 0 Å². The average Bonchev–Trinajstić information content (AvgIpc) is 3.06. The highest BCUT2D eigenvalue weighted by Gasteiger charge is 2.40. The molecule has 2 amide bonds. The maximum absolute atomic E-state index is 13.0. The molecule has 0 bridgehead atoms. The second-order valence-electron chi connectivity index (χ2n) is 8.60. The number of rotatable bonds is 6. The van der Waals surface area contributed by atoms with Gasteiger partial charge in [0.25, 0.3) is 11.8 Å². The summed E-state index contributed by atoms with van der Waals surface area (Å²) in [4.78, 5) is 31.5. The molecule has 1 unspecified atom stereocenters. The van der Waals surface area contributed by atoms with Crippen LogP contribution >= 0.6 is 0 Å². The average molecular weight is 428 g/mol. The number of nitrogens with zero attached hydrogens (tertiary/aromatic N) is 2. The van der Waals surface area contributed by atoms with E-state index in [1.807, 2.05) is 30.5 Å². The van der Waals surface area contributed by atoms with E-state index in [0.717, 1.165) is 22.4 Å². The topological polar surface area (TPSA) is 68.7 Å². The van der Waals surface area contributed by atoms with Crippen molar-refractivity contribution in [3.63, 3.8) is 0 Å². The summed E-state index contributed by atoms with van der Waals surface area (Å²) in [6.07, 6.45) is 4.27. The lowest BCUT2D eigenvalue weighted by Gasteiger charge is -2.28. The van der Waals surface area contributed by atoms with Crippen LogP contribution < -0.4 is 9.47 Å². The molecule has 2 aliphatic rings. The van der Waals surface area contributed by atoms with E-state index in [1.165, 1.54) is 4.90 Å². The molecule has 0 spiro atoms. The number of pyridine rings is 1. The highest BCUT2D eigenvalue weighted by molar-refractivity contribution is 6.21. The van der Waals surface area contributed by atoms with Gasteiger partial charge in [0.15, 0.2) is 0 Å². The number of carbonyl (C=O) groups excluding carboxylic acids is 2. The monoisotopic (exact) mass is 428 g/mol. The van der Waals surface area contributed by atoms with Gasteiger partial charge in [0.05, 0.1) is 17.2 Å². The highest BCUT2D eigenvalue weighted by atomic mass is 16.5. The standard InChI is InChI=1S/C26H24N2O4/c1-16(2)11-18(28-25(29)21-5-3-4-6-22(21)26(28)30)15-31-19-7-8-20-23-13-27-10-9-17(23)14-32-24(20)12-19/h3-10,12-13,16,18H,11,14-15H2,1-2H3. The second-order valence-corrected chi connectivity index (χ2v) is 8.60. The van der Waals surface area contributed by atoms with E-state index in [2.05, 4.69) is 18.8 Å². The quantitative estimate of drug-likeness (QED) is 0.531. The van der Waals surface area contributed by atoms with Gasteiger partial charge < -0.3 is 9.47 Å². The first kappa shape index (κ1) is 20.2. The molecule has 3 aromatic rings. The molecule has 0 fully saturated rings. The van der Waals surface area contributed by atoms with Crippen molar-refractivity contribution in [2.45, 2.75) is 32.9 Å². The van der Waals surface area contributed by atoms with Gasteiger partial charge in [0.1, 0.15) is 24.7 Å². The third-order valence-electron chi connectivity index (χ3n) is 5.91. The van der Waals surface area contributed by atoms with Crippen molar-refractivity contribution < 1.29 is 19.1 Å². The first-order valence-corrected chi connectivity index (χ1v) is 10.8. The molecule has 1 atom stereocenters. The van der Waals surface area contributed by atoms with Gasteiger partial charge in [-0.05, 0) is 42.7 Å². The Morgan fingerprint density at radius 1 is 1.00 bits per heavy atom. The molecule has 0 saturated carbocycles. The Balaban J connectivity index is 1.37. The Kier molecular flexibility index (Phi) is 5.13. The molecule has 0 N–H and O–H groups in total. The fourth-order valence-electron chi connectivity index (χ4n) is 4.41. The molecular formula is C26H24N2O4. The number of ether oxygens (including phenoxy) is 2. The number of imide groups is 1. The van der Waals surface area contributed by atoms with Crippen molar-refractivity contribution in [3.8, 4) is 22.6 Å². The summed E-state index contributed by atoms with van der Waals surface area (Å²) in [5, 5.41) is 0. The summed E-state index contributed by atoms with van der Waals surface area (Å²) >= 11 is 0. The normalized spacial score (nSPS) is 15.2. The lowest BCUT2D eigenvalue weighted by molar-refractivity contribution is 0.0507. The largest absolute Gasteiger partial charge is 0.491 e. The molecule has 162 valence electrons. The zero-order valence-electron chi connectivity index (χ0n) is 18.1. The van der Waals surface area contributed by atoms with Gasteiger partial charge in [-0.2, -0.15) is 0 Å². The molecule has 1 aromatic heterocycles. The zero-order chi connectivity index (χ0) is 22.2. The third kappa shape index (κ3) is 3.51. The van der Waals surface area contributed by atoms with Crippen molar-refractivity contribution in [3.05, 3.63) is 77.6 Å². The Labute approximate surface area is 186 Å². The second kappa shape index (κ2) is 8.11. The van der Waals surface area contributed by atoms with Crippen LogP contribution in [0.3, 0.4) is 0 Å². The van der Waals surface area contributed by atoms with Crippen molar-refractivity contribution >= 4 is 11.8 Å². The minimum absolute atomic E-state index is 0.223. The third-order valence-corrected chi connectivity index (χ3v) is 5.91. The van der Waals surface area contributed by atoms with Gasteiger partial charge in [-0.1, -0.05) is 26.0 Å². The molecule has 0 aliphatic carbocycles. The number of benzene rings is 2.